The van der Waals surface area contributed by atoms with E-state index in [0.717, 1.165) is 55.7 Å². The highest BCUT2D eigenvalue weighted by Gasteiger charge is 2.46. The van der Waals surface area contributed by atoms with Gasteiger partial charge in [0, 0.05) is 19.0 Å². The lowest BCUT2D eigenvalue weighted by molar-refractivity contribution is -0.161. The van der Waals surface area contributed by atoms with Crippen LogP contribution >= 0.6 is 15.6 Å². The molecule has 1 aliphatic rings. The van der Waals surface area contributed by atoms with Crippen LogP contribution in [0.15, 0.2) is 102 Å². The Hall–Kier alpha value is -4.14. The number of anilines is 1. The lowest BCUT2D eigenvalue weighted by Gasteiger charge is -2.21. The van der Waals surface area contributed by atoms with E-state index in [2.05, 4.69) is 47.4 Å². The highest BCUT2D eigenvalue weighted by Crippen LogP contribution is 2.60. The number of nitrogens with two attached hydrogens (primary N) is 1. The number of carbonyl (C=O) groups is 2. The van der Waals surface area contributed by atoms with Crippen LogP contribution in [-0.2, 0) is 46.3 Å². The summed E-state index contributed by atoms with van der Waals surface area (Å²) < 4.78 is 56.5. The van der Waals surface area contributed by atoms with E-state index in [1.54, 1.807) is 24.3 Å². The van der Waals surface area contributed by atoms with Crippen LogP contribution in [0.3, 0.4) is 0 Å². The van der Waals surface area contributed by atoms with Crippen LogP contribution in [0.4, 0.5) is 5.82 Å². The standard InChI is InChI=1S/C52H83N3O17P2/c1-3-5-7-8-9-10-11-12-13-14-15-16-17-18-22-25-29-35-47(58)67-39-44(70-48(59)36-30-34-43(57)33-28-24-21-19-20-23-27-32-42(56)31-26-6-4-2)40-68-73(63,64)72-74(65,66)69-41-45-49(60)50(61)51(71-45)55-38-37-46(53)54-52(55)62/h12-13,15-16,18,20-24,27-28,32-33,37-38,42-45,49-51,56-57,60-61H,3-11,14,17,19,25-26,29-31,34-36,39-41H2,1-2H3,(H,63,64)(H,65,66)(H2,53,54,62)/b13-12-,16-15-,22-18-,23-20-,24-21-,32-27+,33-28+/t42-,43-,44-,45-,49-,50-,51-/m1/s1. The Balaban J connectivity index is 1.89. The molecule has 1 aromatic heterocycles. The molecular weight excluding hydrogens is 1000 g/mol. The predicted molar refractivity (Wildman–Crippen MR) is 282 cm³/mol. The second-order valence-electron chi connectivity index (χ2n) is 17.7. The van der Waals surface area contributed by atoms with Crippen molar-refractivity contribution in [3.05, 3.63) is 108 Å². The molecule has 1 saturated heterocycles. The van der Waals surface area contributed by atoms with Crippen LogP contribution in [-0.4, -0.2) is 108 Å². The van der Waals surface area contributed by atoms with Gasteiger partial charge in [0.25, 0.3) is 0 Å². The van der Waals surface area contributed by atoms with Crippen LogP contribution in [0.25, 0.3) is 0 Å². The SMILES string of the molecule is CCCCCCCC/C=C\C/C=C\C/C=C\CCCC(=O)OC[C@H](COP(=O)(O)OP(=O)(O)OC[C@H]1O[C@@H](n2ccc(N)nc2=O)[C@H](O)[C@@H]1O)OC(=O)CCC[C@H](O)/C=C/C=C\C/C=C\C=C\[C@H](O)CCCCC. The maximum absolute atomic E-state index is 12.9. The van der Waals surface area contributed by atoms with E-state index in [9.17, 15) is 53.7 Å². The summed E-state index contributed by atoms with van der Waals surface area (Å²) in [5.41, 5.74) is 4.56. The third-order valence-corrected chi connectivity index (χ3v) is 13.8. The zero-order valence-corrected chi connectivity index (χ0v) is 44.9. The van der Waals surface area contributed by atoms with Gasteiger partial charge < -0.3 is 50.2 Å². The fourth-order valence-electron chi connectivity index (χ4n) is 7.07. The van der Waals surface area contributed by atoms with Crippen LogP contribution in [0.2, 0.25) is 0 Å². The Labute approximate surface area is 436 Å². The maximum Gasteiger partial charge on any atom is 0.481 e. The number of aliphatic hydroxyl groups excluding tert-OH is 4. The van der Waals surface area contributed by atoms with Gasteiger partial charge in [0.1, 0.15) is 30.7 Å². The number of phosphoric ester groups is 2. The topological polar surface area (TPSA) is 306 Å². The molecule has 20 nitrogen and oxygen atoms in total. The molecule has 2 rings (SSSR count). The van der Waals surface area contributed by atoms with Crippen LogP contribution in [0.5, 0.6) is 0 Å². The molecule has 0 bridgehead atoms. The highest BCUT2D eigenvalue weighted by atomic mass is 31.3. The number of aromatic nitrogens is 2. The fraction of sp³-hybridized carbons (Fsp3) is 0.615. The van der Waals surface area contributed by atoms with Gasteiger partial charge >= 0.3 is 33.3 Å². The Kier molecular flexibility index (Phi) is 35.0. The van der Waals surface area contributed by atoms with E-state index in [1.807, 2.05) is 36.5 Å². The molecule has 9 atom stereocenters. The van der Waals surface area contributed by atoms with Gasteiger partial charge in [-0.2, -0.15) is 9.29 Å². The number of nitrogen functional groups attached to an aromatic ring is 1. The molecule has 0 radical (unpaired) electrons. The average molecular weight is 1080 g/mol. The van der Waals surface area contributed by atoms with E-state index in [-0.39, 0.29) is 31.5 Å². The van der Waals surface area contributed by atoms with E-state index in [4.69, 9.17) is 29.0 Å². The van der Waals surface area contributed by atoms with Crippen molar-refractivity contribution in [1.82, 2.24) is 9.55 Å². The number of hydrogen-bond donors (Lipinski definition) is 7. The van der Waals surface area contributed by atoms with E-state index >= 15 is 0 Å². The zero-order valence-electron chi connectivity index (χ0n) is 43.1. The number of ether oxygens (including phenoxy) is 3. The van der Waals surface area contributed by atoms with Crippen LogP contribution < -0.4 is 11.4 Å². The minimum absolute atomic E-state index is 0.00142. The molecule has 0 spiro atoms. The number of unbranched alkanes of at least 4 members (excludes halogenated alkanes) is 9. The summed E-state index contributed by atoms with van der Waals surface area (Å²) in [6, 6.07) is 1.23. The van der Waals surface area contributed by atoms with Gasteiger partial charge in [-0.15, -0.1) is 0 Å². The average Bonchev–Trinajstić information content (AvgIpc) is 3.63. The van der Waals surface area contributed by atoms with E-state index < -0.39 is 95.9 Å². The smallest absolute Gasteiger partial charge is 0.462 e. The Morgan fingerprint density at radius 1 is 0.716 bits per heavy atom. The van der Waals surface area contributed by atoms with Gasteiger partial charge in [-0.25, -0.2) is 13.9 Å². The first-order valence-electron chi connectivity index (χ1n) is 25.8. The molecule has 74 heavy (non-hydrogen) atoms. The summed E-state index contributed by atoms with van der Waals surface area (Å²) in [7, 11) is -11.0. The van der Waals surface area contributed by atoms with Crippen molar-refractivity contribution >= 4 is 33.4 Å². The number of allylic oxidation sites excluding steroid dienone is 12. The monoisotopic (exact) mass is 1080 g/mol. The highest BCUT2D eigenvalue weighted by molar-refractivity contribution is 7.61. The van der Waals surface area contributed by atoms with Crippen molar-refractivity contribution in [3.8, 4) is 0 Å². The lowest BCUT2D eigenvalue weighted by Crippen LogP contribution is -2.36. The van der Waals surface area contributed by atoms with Crippen molar-refractivity contribution in [3.63, 3.8) is 0 Å². The Morgan fingerprint density at radius 2 is 1.27 bits per heavy atom. The van der Waals surface area contributed by atoms with Crippen LogP contribution in [0.1, 0.15) is 148 Å². The predicted octanol–water partition coefficient (Wildman–Crippen LogP) is 8.61. The maximum atomic E-state index is 12.9. The van der Waals surface area contributed by atoms with Crippen molar-refractivity contribution in [1.29, 1.82) is 0 Å². The second kappa shape index (κ2) is 39.3. The summed E-state index contributed by atoms with van der Waals surface area (Å²) in [6.07, 6.45) is 34.5. The number of phosphoric acid groups is 2. The summed E-state index contributed by atoms with van der Waals surface area (Å²) in [6.45, 7) is 1.77. The van der Waals surface area contributed by atoms with Gasteiger partial charge in [0.15, 0.2) is 12.3 Å². The number of esters is 2. The third kappa shape index (κ3) is 31.7. The zero-order chi connectivity index (χ0) is 54.5. The number of nitrogens with zero attached hydrogens (tertiary/aromatic N) is 2. The molecule has 1 fully saturated rings. The summed E-state index contributed by atoms with van der Waals surface area (Å²) in [4.78, 5) is 61.9. The number of hydrogen-bond acceptors (Lipinski definition) is 17. The molecule has 1 aliphatic heterocycles. The third-order valence-electron chi connectivity index (χ3n) is 11.2. The summed E-state index contributed by atoms with van der Waals surface area (Å²) in [5.74, 6) is -1.61. The minimum Gasteiger partial charge on any atom is -0.462 e. The quantitative estimate of drug-likeness (QED) is 0.0106. The lowest BCUT2D eigenvalue weighted by atomic mass is 10.1. The van der Waals surface area contributed by atoms with Crippen molar-refractivity contribution in [2.24, 2.45) is 0 Å². The summed E-state index contributed by atoms with van der Waals surface area (Å²) >= 11 is 0. The molecule has 8 N–H and O–H groups in total. The second-order valence-corrected chi connectivity index (χ2v) is 20.8. The number of aliphatic hydroxyl groups is 4. The van der Waals surface area contributed by atoms with Gasteiger partial charge in [-0.3, -0.25) is 23.2 Å². The van der Waals surface area contributed by atoms with Gasteiger partial charge in [0.2, 0.25) is 0 Å². The molecular formula is C52H83N3O17P2. The molecule has 2 heterocycles. The van der Waals surface area contributed by atoms with Gasteiger partial charge in [-0.1, -0.05) is 150 Å². The minimum atomic E-state index is -5.50. The first-order chi connectivity index (χ1) is 35.5. The molecule has 0 aromatic carbocycles. The normalized spacial score (nSPS) is 20.4. The molecule has 2 unspecified atom stereocenters. The van der Waals surface area contributed by atoms with E-state index in [0.29, 0.717) is 19.3 Å². The van der Waals surface area contributed by atoms with Crippen molar-refractivity contribution in [2.75, 3.05) is 25.6 Å². The molecule has 22 heteroatoms. The molecule has 0 aliphatic carbocycles. The van der Waals surface area contributed by atoms with Crippen LogP contribution in [0, 0.1) is 0 Å². The molecule has 418 valence electrons. The van der Waals surface area contributed by atoms with E-state index in [1.165, 1.54) is 44.6 Å². The first-order valence-corrected chi connectivity index (χ1v) is 28.8. The van der Waals surface area contributed by atoms with Crippen molar-refractivity contribution in [2.45, 2.75) is 185 Å². The number of rotatable bonds is 41. The fourth-order valence-corrected chi connectivity index (χ4v) is 9.18. The number of carbonyl (C=O) groups excluding carboxylic acids is 2. The molecule has 0 amide bonds. The Morgan fingerprint density at radius 3 is 1.92 bits per heavy atom. The Bertz CT molecular complexity index is 2110. The van der Waals surface area contributed by atoms with Gasteiger partial charge in [0.05, 0.1) is 25.4 Å². The molecule has 1 aromatic rings. The summed E-state index contributed by atoms with van der Waals surface area (Å²) in [5, 5.41) is 41.2. The van der Waals surface area contributed by atoms with Gasteiger partial charge in [-0.05, 0) is 70.3 Å². The molecule has 0 saturated carbocycles. The largest absolute Gasteiger partial charge is 0.481 e. The van der Waals surface area contributed by atoms with Crippen molar-refractivity contribution < 1.29 is 76.5 Å². The first kappa shape index (κ1) is 66.0.